The molecular formula is C24H46O4. The molecule has 28 heavy (non-hydrogen) atoms. The van der Waals surface area contributed by atoms with Crippen molar-refractivity contribution in [2.24, 2.45) is 5.41 Å². The van der Waals surface area contributed by atoms with E-state index >= 15 is 0 Å². The zero-order chi connectivity index (χ0) is 21.1. The summed E-state index contributed by atoms with van der Waals surface area (Å²) in [5.74, 6) is -0.0345. The first kappa shape index (κ1) is 26.9. The summed E-state index contributed by atoms with van der Waals surface area (Å²) in [6.45, 7) is 9.46. The van der Waals surface area contributed by atoms with Crippen molar-refractivity contribution in [3.05, 3.63) is 0 Å². The Morgan fingerprint density at radius 3 is 1.89 bits per heavy atom. The smallest absolute Gasteiger partial charge is 0.311 e. The number of esters is 1. The number of rotatable bonds is 20. The number of hydrogen-bond donors (Lipinski definition) is 0. The third-order valence-electron chi connectivity index (χ3n) is 5.47. The molecule has 0 heterocycles. The maximum Gasteiger partial charge on any atom is 0.311 e. The third kappa shape index (κ3) is 14.9. The van der Waals surface area contributed by atoms with Gasteiger partial charge in [0.15, 0.2) is 0 Å². The number of unbranched alkanes of at least 4 members (excludes halogenated alkanes) is 9. The first-order chi connectivity index (χ1) is 13.5. The van der Waals surface area contributed by atoms with E-state index in [-0.39, 0.29) is 12.1 Å². The summed E-state index contributed by atoms with van der Waals surface area (Å²) in [6, 6.07) is 0. The molecule has 4 nitrogen and oxygen atoms in total. The highest BCUT2D eigenvalue weighted by atomic mass is 16.5. The van der Waals surface area contributed by atoms with Crippen LogP contribution in [-0.4, -0.2) is 25.2 Å². The van der Waals surface area contributed by atoms with Crippen molar-refractivity contribution in [2.75, 3.05) is 6.61 Å². The van der Waals surface area contributed by atoms with Gasteiger partial charge in [0, 0.05) is 0 Å². The fourth-order valence-corrected chi connectivity index (χ4v) is 3.43. The summed E-state index contributed by atoms with van der Waals surface area (Å²) < 4.78 is 10.7. The summed E-state index contributed by atoms with van der Waals surface area (Å²) >= 11 is 0. The monoisotopic (exact) mass is 398 g/mol. The highest BCUT2D eigenvalue weighted by molar-refractivity contribution is 5.76. The first-order valence-corrected chi connectivity index (χ1v) is 11.7. The summed E-state index contributed by atoms with van der Waals surface area (Å²) in [5.41, 5.74) is -0.426. The largest absolute Gasteiger partial charge is 0.468 e. The summed E-state index contributed by atoms with van der Waals surface area (Å²) in [4.78, 5) is 22.9. The highest BCUT2D eigenvalue weighted by Gasteiger charge is 2.30. The van der Waals surface area contributed by atoms with Crippen molar-refractivity contribution in [1.82, 2.24) is 0 Å². The van der Waals surface area contributed by atoms with E-state index in [1.807, 2.05) is 13.8 Å². The topological polar surface area (TPSA) is 52.6 Å². The van der Waals surface area contributed by atoms with Gasteiger partial charge < -0.3 is 9.47 Å². The van der Waals surface area contributed by atoms with E-state index in [2.05, 4.69) is 13.8 Å². The maximum atomic E-state index is 12.8. The number of hydrogen-bond acceptors (Lipinski definition) is 4. The molecule has 0 aliphatic carbocycles. The molecule has 0 amide bonds. The molecular weight excluding hydrogens is 352 g/mol. The van der Waals surface area contributed by atoms with Crippen LogP contribution < -0.4 is 0 Å². The second kappa shape index (κ2) is 18.0. The van der Waals surface area contributed by atoms with Gasteiger partial charge in [-0.25, -0.2) is 0 Å². The summed E-state index contributed by atoms with van der Waals surface area (Å²) in [5, 5.41) is 0. The predicted molar refractivity (Wildman–Crippen MR) is 116 cm³/mol. The van der Waals surface area contributed by atoms with Gasteiger partial charge in [0.25, 0.3) is 6.47 Å². The van der Waals surface area contributed by atoms with E-state index in [0.29, 0.717) is 13.1 Å². The van der Waals surface area contributed by atoms with Crippen LogP contribution in [0, 0.1) is 5.41 Å². The van der Waals surface area contributed by atoms with Crippen molar-refractivity contribution >= 4 is 12.4 Å². The van der Waals surface area contributed by atoms with Gasteiger partial charge in [-0.05, 0) is 52.4 Å². The molecule has 0 fully saturated rings. The van der Waals surface area contributed by atoms with Crippen LogP contribution in [0.4, 0.5) is 0 Å². The maximum absolute atomic E-state index is 12.8. The molecule has 0 saturated heterocycles. The molecule has 0 atom stereocenters. The lowest BCUT2D eigenvalue weighted by molar-refractivity contribution is -0.161. The molecule has 0 N–H and O–H groups in total. The van der Waals surface area contributed by atoms with Crippen LogP contribution in [0.3, 0.4) is 0 Å². The average molecular weight is 399 g/mol. The van der Waals surface area contributed by atoms with E-state index in [1.165, 1.54) is 38.5 Å². The van der Waals surface area contributed by atoms with Gasteiger partial charge >= 0.3 is 5.97 Å². The Kier molecular flexibility index (Phi) is 17.3. The minimum Gasteiger partial charge on any atom is -0.468 e. The van der Waals surface area contributed by atoms with Crippen LogP contribution in [0.1, 0.15) is 124 Å². The fraction of sp³-hybridized carbons (Fsp3) is 0.917. The lowest BCUT2D eigenvalue weighted by Gasteiger charge is -2.27. The van der Waals surface area contributed by atoms with Crippen LogP contribution in [0.15, 0.2) is 0 Å². The van der Waals surface area contributed by atoms with E-state index in [1.54, 1.807) is 0 Å². The minimum atomic E-state index is -0.426. The minimum absolute atomic E-state index is 0.0345. The molecule has 0 aromatic rings. The number of carbonyl (C=O) groups is 2. The molecule has 166 valence electrons. The van der Waals surface area contributed by atoms with Gasteiger partial charge in [0.05, 0.1) is 12.0 Å². The van der Waals surface area contributed by atoms with Crippen molar-refractivity contribution in [3.8, 4) is 0 Å². The van der Waals surface area contributed by atoms with Crippen LogP contribution in [-0.2, 0) is 19.1 Å². The van der Waals surface area contributed by atoms with Crippen LogP contribution in [0.25, 0.3) is 0 Å². The fourth-order valence-electron chi connectivity index (χ4n) is 3.43. The van der Waals surface area contributed by atoms with E-state index in [4.69, 9.17) is 9.47 Å². The predicted octanol–water partition coefficient (Wildman–Crippen LogP) is 6.99. The SMILES string of the molecule is CCCCCCC(CCCCCC)OC(=O)C(C)(C)CCCCCCOC=O. The molecule has 0 aromatic carbocycles. The number of carbonyl (C=O) groups excluding carboxylic acids is 2. The lowest BCUT2D eigenvalue weighted by Crippen LogP contribution is -2.31. The van der Waals surface area contributed by atoms with Gasteiger partial charge in [0.2, 0.25) is 0 Å². The molecule has 0 rings (SSSR count). The Labute approximate surface area is 174 Å². The van der Waals surface area contributed by atoms with Crippen LogP contribution in [0.2, 0.25) is 0 Å². The van der Waals surface area contributed by atoms with Crippen molar-refractivity contribution in [3.63, 3.8) is 0 Å². The zero-order valence-electron chi connectivity index (χ0n) is 19.1. The molecule has 0 spiro atoms. The number of ether oxygens (including phenoxy) is 2. The molecule has 0 aliphatic rings. The Morgan fingerprint density at radius 2 is 1.36 bits per heavy atom. The molecule has 0 saturated carbocycles. The Balaban J connectivity index is 4.29. The Bertz CT molecular complexity index is 367. The lowest BCUT2D eigenvalue weighted by atomic mass is 9.86. The molecule has 0 aromatic heterocycles. The van der Waals surface area contributed by atoms with E-state index in [9.17, 15) is 9.59 Å². The zero-order valence-corrected chi connectivity index (χ0v) is 19.1. The normalized spacial score (nSPS) is 11.6. The summed E-state index contributed by atoms with van der Waals surface area (Å²) in [7, 11) is 0. The van der Waals surface area contributed by atoms with E-state index in [0.717, 1.165) is 57.8 Å². The van der Waals surface area contributed by atoms with Crippen molar-refractivity contribution < 1.29 is 19.1 Å². The Hall–Kier alpha value is -1.06. The van der Waals surface area contributed by atoms with Crippen molar-refractivity contribution in [1.29, 1.82) is 0 Å². The molecule has 0 unspecified atom stereocenters. The van der Waals surface area contributed by atoms with Crippen molar-refractivity contribution in [2.45, 2.75) is 130 Å². The first-order valence-electron chi connectivity index (χ1n) is 11.7. The van der Waals surface area contributed by atoms with E-state index < -0.39 is 5.41 Å². The highest BCUT2D eigenvalue weighted by Crippen LogP contribution is 2.28. The second-order valence-electron chi connectivity index (χ2n) is 8.74. The molecule has 4 heteroatoms. The van der Waals surface area contributed by atoms with Gasteiger partial charge in [0.1, 0.15) is 6.10 Å². The third-order valence-corrected chi connectivity index (χ3v) is 5.47. The van der Waals surface area contributed by atoms with Gasteiger partial charge in [-0.1, -0.05) is 71.6 Å². The second-order valence-corrected chi connectivity index (χ2v) is 8.74. The van der Waals surface area contributed by atoms with Gasteiger partial charge in [-0.3, -0.25) is 9.59 Å². The Morgan fingerprint density at radius 1 is 0.821 bits per heavy atom. The average Bonchev–Trinajstić information content (AvgIpc) is 2.67. The standard InChI is InChI=1S/C24H46O4/c1-5-7-9-13-17-22(18-14-10-8-6-2)28-23(26)24(3,4)19-15-11-12-16-20-27-21-25/h21-22H,5-20H2,1-4H3. The molecule has 0 bridgehead atoms. The molecule has 0 aliphatic heterocycles. The van der Waals surface area contributed by atoms with Gasteiger partial charge in [-0.15, -0.1) is 0 Å². The molecule has 0 radical (unpaired) electrons. The quantitative estimate of drug-likeness (QED) is 0.126. The van der Waals surface area contributed by atoms with Crippen LogP contribution >= 0.6 is 0 Å². The van der Waals surface area contributed by atoms with Crippen LogP contribution in [0.5, 0.6) is 0 Å². The van der Waals surface area contributed by atoms with Gasteiger partial charge in [-0.2, -0.15) is 0 Å². The summed E-state index contributed by atoms with van der Waals surface area (Å²) in [6.07, 6.45) is 16.7.